The van der Waals surface area contributed by atoms with Crippen LogP contribution in [0.2, 0.25) is 0 Å². The Balaban J connectivity index is 1.61. The number of pyridine rings is 1. The number of methoxy groups -OCH3 is 2. The molecule has 0 saturated carbocycles. The van der Waals surface area contributed by atoms with Crippen molar-refractivity contribution in [1.82, 2.24) is 9.97 Å². The van der Waals surface area contributed by atoms with E-state index in [0.717, 1.165) is 32.3 Å². The molecule has 0 aliphatic heterocycles. The highest BCUT2D eigenvalue weighted by atomic mass is 32.1. The molecule has 4 aromatic rings. The highest BCUT2D eigenvalue weighted by Gasteiger charge is 2.16. The maximum absolute atomic E-state index is 5.79. The summed E-state index contributed by atoms with van der Waals surface area (Å²) < 4.78 is 16.4. The lowest BCUT2D eigenvalue weighted by Crippen LogP contribution is -1.93. The van der Waals surface area contributed by atoms with Gasteiger partial charge in [0.05, 0.1) is 31.4 Å². The quantitative estimate of drug-likeness (QED) is 0.359. The van der Waals surface area contributed by atoms with Crippen molar-refractivity contribution in [3.8, 4) is 50.4 Å². The van der Waals surface area contributed by atoms with E-state index in [1.165, 1.54) is 0 Å². The number of aromatic nitrogens is 2. The lowest BCUT2D eigenvalue weighted by Gasteiger charge is -2.04. The minimum Gasteiger partial charge on any atom is -0.497 e. The van der Waals surface area contributed by atoms with Gasteiger partial charge >= 0.3 is 0 Å². The molecule has 32 heavy (non-hydrogen) atoms. The Kier molecular flexibility index (Phi) is 6.69. The number of hydrogen-bond acceptors (Lipinski definition) is 6. The molecule has 5 nitrogen and oxygen atoms in total. The number of ether oxygens (including phenoxy) is 3. The number of hydrogen-bond donors (Lipinski definition) is 0. The van der Waals surface area contributed by atoms with Gasteiger partial charge in [-0.2, -0.15) is 4.98 Å². The molecule has 0 amide bonds. The van der Waals surface area contributed by atoms with Crippen LogP contribution in [0.25, 0.3) is 21.1 Å². The van der Waals surface area contributed by atoms with Crippen LogP contribution in [-0.2, 0) is 0 Å². The molecular formula is C26H22N2O3S. The zero-order valence-electron chi connectivity index (χ0n) is 18.1. The Morgan fingerprint density at radius 3 is 2.22 bits per heavy atom. The monoisotopic (exact) mass is 442 g/mol. The highest BCUT2D eigenvalue weighted by Crippen LogP contribution is 2.39. The van der Waals surface area contributed by atoms with Crippen LogP contribution in [0.5, 0.6) is 17.4 Å². The van der Waals surface area contributed by atoms with E-state index in [1.54, 1.807) is 31.8 Å². The van der Waals surface area contributed by atoms with Crippen LogP contribution < -0.4 is 14.2 Å². The smallest absolute Gasteiger partial charge is 0.233 e. The van der Waals surface area contributed by atoms with Crippen molar-refractivity contribution in [2.24, 2.45) is 0 Å². The molecule has 0 saturated heterocycles. The third kappa shape index (κ3) is 4.90. The molecule has 0 radical (unpaired) electrons. The maximum atomic E-state index is 5.79. The highest BCUT2D eigenvalue weighted by molar-refractivity contribution is 7.18. The van der Waals surface area contributed by atoms with E-state index < -0.39 is 0 Å². The van der Waals surface area contributed by atoms with Gasteiger partial charge in [0.25, 0.3) is 0 Å². The fraction of sp³-hybridized carbons (Fsp3) is 0.154. The minimum atomic E-state index is 0.548. The summed E-state index contributed by atoms with van der Waals surface area (Å²) in [5.74, 6) is 8.42. The number of nitrogens with zero attached hydrogens (tertiary/aromatic N) is 2. The van der Waals surface area contributed by atoms with Gasteiger partial charge in [-0.3, -0.25) is 4.98 Å². The topological polar surface area (TPSA) is 53.5 Å². The van der Waals surface area contributed by atoms with Crippen molar-refractivity contribution in [3.05, 3.63) is 78.0 Å². The molecule has 0 atom stereocenters. The Labute approximate surface area is 191 Å². The van der Waals surface area contributed by atoms with Crippen molar-refractivity contribution in [3.63, 3.8) is 0 Å². The van der Waals surface area contributed by atoms with Gasteiger partial charge in [-0.05, 0) is 48.9 Å². The Morgan fingerprint density at radius 1 is 0.875 bits per heavy atom. The zero-order chi connectivity index (χ0) is 22.3. The van der Waals surface area contributed by atoms with Gasteiger partial charge in [0.1, 0.15) is 16.5 Å². The van der Waals surface area contributed by atoms with E-state index in [4.69, 9.17) is 14.2 Å². The van der Waals surface area contributed by atoms with Crippen LogP contribution in [0.15, 0.2) is 66.9 Å². The summed E-state index contributed by atoms with van der Waals surface area (Å²) in [6, 6.07) is 19.4. The van der Waals surface area contributed by atoms with Crippen LogP contribution in [0.4, 0.5) is 0 Å². The summed E-state index contributed by atoms with van der Waals surface area (Å²) in [5.41, 5.74) is 3.59. The second-order valence-corrected chi connectivity index (χ2v) is 7.73. The molecule has 0 aliphatic carbocycles. The van der Waals surface area contributed by atoms with E-state index in [-0.39, 0.29) is 0 Å². The van der Waals surface area contributed by atoms with Crippen LogP contribution in [0.3, 0.4) is 0 Å². The fourth-order valence-corrected chi connectivity index (χ4v) is 4.04. The van der Waals surface area contributed by atoms with Crippen molar-refractivity contribution in [1.29, 1.82) is 0 Å². The van der Waals surface area contributed by atoms with Gasteiger partial charge in [0, 0.05) is 23.4 Å². The summed E-state index contributed by atoms with van der Waals surface area (Å²) in [6.45, 7) is 2.50. The fourth-order valence-electron chi connectivity index (χ4n) is 3.05. The Morgan fingerprint density at radius 2 is 1.59 bits per heavy atom. The van der Waals surface area contributed by atoms with E-state index >= 15 is 0 Å². The van der Waals surface area contributed by atoms with E-state index in [9.17, 15) is 0 Å². The first kappa shape index (κ1) is 21.4. The Hall–Kier alpha value is -3.82. The molecule has 0 spiro atoms. The first-order valence-corrected chi connectivity index (χ1v) is 10.9. The second kappa shape index (κ2) is 9.99. The first-order valence-electron chi connectivity index (χ1n) is 10.1. The summed E-state index contributed by atoms with van der Waals surface area (Å²) in [7, 11) is 3.25. The molecule has 160 valence electrons. The molecule has 6 heteroatoms. The van der Waals surface area contributed by atoms with Gasteiger partial charge in [-0.1, -0.05) is 30.0 Å². The maximum Gasteiger partial charge on any atom is 0.233 e. The summed E-state index contributed by atoms with van der Waals surface area (Å²) in [6.07, 6.45) is 1.77. The van der Waals surface area contributed by atoms with Gasteiger partial charge in [0.2, 0.25) is 5.88 Å². The number of rotatable bonds is 6. The van der Waals surface area contributed by atoms with E-state index in [0.29, 0.717) is 24.0 Å². The molecule has 0 fully saturated rings. The molecule has 2 heterocycles. The average Bonchev–Trinajstić information content (AvgIpc) is 3.27. The predicted molar refractivity (Wildman–Crippen MR) is 127 cm³/mol. The lowest BCUT2D eigenvalue weighted by atomic mass is 10.1. The van der Waals surface area contributed by atoms with Crippen molar-refractivity contribution >= 4 is 11.3 Å². The van der Waals surface area contributed by atoms with Gasteiger partial charge < -0.3 is 14.2 Å². The standard InChI is InChI=1S/C26H22N2O3S/c1-4-31-25-24(32-26(28-25)23-7-5-6-14-27-23)20-12-10-18(11-13-20)8-9-19-15-21(29-2)17-22(16-19)30-3/h5-7,10-17H,4H2,1-3H3. The molecule has 0 N–H and O–H groups in total. The Bertz CT molecular complexity index is 1230. The molecule has 0 unspecified atom stereocenters. The normalized spacial score (nSPS) is 10.2. The molecule has 4 rings (SSSR count). The van der Waals surface area contributed by atoms with Crippen LogP contribution in [-0.4, -0.2) is 30.8 Å². The van der Waals surface area contributed by atoms with E-state index in [1.807, 2.05) is 67.6 Å². The molecule has 2 aromatic carbocycles. The minimum absolute atomic E-state index is 0.548. The third-order valence-electron chi connectivity index (χ3n) is 4.61. The molecule has 2 aromatic heterocycles. The average molecular weight is 443 g/mol. The second-order valence-electron chi connectivity index (χ2n) is 6.73. The summed E-state index contributed by atoms with van der Waals surface area (Å²) >= 11 is 1.57. The van der Waals surface area contributed by atoms with Gasteiger partial charge in [-0.15, -0.1) is 11.3 Å². The van der Waals surface area contributed by atoms with Crippen LogP contribution >= 0.6 is 11.3 Å². The zero-order valence-corrected chi connectivity index (χ0v) is 18.9. The van der Waals surface area contributed by atoms with Gasteiger partial charge in [0.15, 0.2) is 0 Å². The van der Waals surface area contributed by atoms with Crippen molar-refractivity contribution in [2.75, 3.05) is 20.8 Å². The summed E-state index contributed by atoms with van der Waals surface area (Å²) in [4.78, 5) is 10.0. The van der Waals surface area contributed by atoms with Crippen molar-refractivity contribution in [2.45, 2.75) is 6.92 Å². The molecule has 0 aliphatic rings. The third-order valence-corrected chi connectivity index (χ3v) is 5.72. The SMILES string of the molecule is CCOc1nc(-c2ccccn2)sc1-c1ccc(C#Cc2cc(OC)cc(OC)c2)cc1. The van der Waals surface area contributed by atoms with Gasteiger partial charge in [-0.25, -0.2) is 0 Å². The van der Waals surface area contributed by atoms with Crippen molar-refractivity contribution < 1.29 is 14.2 Å². The number of benzene rings is 2. The first-order chi connectivity index (χ1) is 15.7. The van der Waals surface area contributed by atoms with E-state index in [2.05, 4.69) is 21.8 Å². The van der Waals surface area contributed by atoms with Crippen LogP contribution in [0, 0.1) is 11.8 Å². The predicted octanol–water partition coefficient (Wildman–Crippen LogP) is 5.69. The number of thiazole rings is 1. The largest absolute Gasteiger partial charge is 0.497 e. The van der Waals surface area contributed by atoms with Crippen LogP contribution in [0.1, 0.15) is 18.1 Å². The lowest BCUT2D eigenvalue weighted by molar-refractivity contribution is 0.330. The summed E-state index contributed by atoms with van der Waals surface area (Å²) in [5, 5.41) is 0.833. The molecule has 0 bridgehead atoms. The molecular weight excluding hydrogens is 420 g/mol.